The maximum atomic E-state index is 11.5. The minimum atomic E-state index is -0.909. The molecule has 8 nitrogen and oxygen atoms in total. The van der Waals surface area contributed by atoms with E-state index in [9.17, 15) is 24.5 Å². The first-order chi connectivity index (χ1) is 9.43. The lowest BCUT2D eigenvalue weighted by Crippen LogP contribution is -2.36. The van der Waals surface area contributed by atoms with Gasteiger partial charge in [-0.05, 0) is 5.56 Å². The number of nitrogens with zero attached hydrogens (tertiary/aromatic N) is 1. The van der Waals surface area contributed by atoms with Gasteiger partial charge in [-0.2, -0.15) is 0 Å². The molecule has 0 bridgehead atoms. The van der Waals surface area contributed by atoms with Crippen molar-refractivity contribution >= 4 is 23.3 Å². The summed E-state index contributed by atoms with van der Waals surface area (Å²) in [6.07, 6.45) is -0.203. The smallest absolute Gasteiger partial charge is 0.325 e. The van der Waals surface area contributed by atoms with E-state index in [0.717, 1.165) is 7.11 Å². The van der Waals surface area contributed by atoms with Gasteiger partial charge in [0, 0.05) is 18.6 Å². The number of ether oxygens (including phenoxy) is 1. The molecule has 0 aliphatic carbocycles. The minimum absolute atomic E-state index is 0.101. The summed E-state index contributed by atoms with van der Waals surface area (Å²) in [5.41, 5.74) is 0.366. The largest absolute Gasteiger partial charge is 0.468 e. The van der Waals surface area contributed by atoms with Crippen LogP contribution in [-0.4, -0.2) is 36.2 Å². The van der Waals surface area contributed by atoms with Crippen molar-refractivity contribution in [3.8, 4) is 0 Å². The number of non-ortho nitro benzene ring substituents is 1. The van der Waals surface area contributed by atoms with Crippen LogP contribution in [0, 0.1) is 10.1 Å². The number of hydrogen-bond donors (Lipinski definition) is 1. The highest BCUT2D eigenvalue weighted by molar-refractivity contribution is 6.36. The van der Waals surface area contributed by atoms with Crippen LogP contribution in [0.3, 0.4) is 0 Å². The number of esters is 1. The van der Waals surface area contributed by atoms with Crippen LogP contribution in [0.5, 0.6) is 0 Å². The molecule has 106 valence electrons. The van der Waals surface area contributed by atoms with Crippen molar-refractivity contribution in [3.05, 3.63) is 39.9 Å². The highest BCUT2D eigenvalue weighted by Crippen LogP contribution is 2.12. The molecule has 0 aromatic heterocycles. The third kappa shape index (κ3) is 4.48. The third-order valence-corrected chi connectivity index (χ3v) is 2.39. The number of rotatable bonds is 6. The van der Waals surface area contributed by atoms with E-state index in [1.54, 1.807) is 0 Å². The second-order valence-corrected chi connectivity index (χ2v) is 3.78. The Labute approximate surface area is 113 Å². The fraction of sp³-hybridized carbons (Fsp3) is 0.250. The number of nitro benzene ring substituents is 1. The highest BCUT2D eigenvalue weighted by atomic mass is 16.6. The number of amides is 1. The van der Waals surface area contributed by atoms with Crippen LogP contribution in [0.2, 0.25) is 0 Å². The molecule has 0 aliphatic rings. The van der Waals surface area contributed by atoms with E-state index >= 15 is 0 Å². The first-order valence-electron chi connectivity index (χ1n) is 5.55. The van der Waals surface area contributed by atoms with Gasteiger partial charge in [0.2, 0.25) is 5.78 Å². The molecule has 0 fully saturated rings. The Bertz CT molecular complexity index is 537. The molecule has 0 aliphatic heterocycles. The normalized spacial score (nSPS) is 9.65. The lowest BCUT2D eigenvalue weighted by molar-refractivity contribution is -0.384. The van der Waals surface area contributed by atoms with Gasteiger partial charge in [0.05, 0.1) is 12.0 Å². The lowest BCUT2D eigenvalue weighted by Gasteiger charge is -2.03. The van der Waals surface area contributed by atoms with Crippen LogP contribution in [0.4, 0.5) is 5.69 Å². The average molecular weight is 280 g/mol. The second-order valence-electron chi connectivity index (χ2n) is 3.78. The number of methoxy groups -OCH3 is 1. The molecule has 0 radical (unpaired) electrons. The zero-order chi connectivity index (χ0) is 15.1. The summed E-state index contributed by atoms with van der Waals surface area (Å²) >= 11 is 0. The molecular formula is C12H12N2O6. The van der Waals surface area contributed by atoms with Crippen molar-refractivity contribution in [1.29, 1.82) is 0 Å². The molecule has 0 saturated heterocycles. The summed E-state index contributed by atoms with van der Waals surface area (Å²) in [6, 6.07) is 5.27. The zero-order valence-corrected chi connectivity index (χ0v) is 10.6. The van der Waals surface area contributed by atoms with Gasteiger partial charge in [-0.1, -0.05) is 12.1 Å². The van der Waals surface area contributed by atoms with E-state index in [0.29, 0.717) is 5.56 Å². The Balaban J connectivity index is 2.55. The van der Waals surface area contributed by atoms with Gasteiger partial charge in [0.1, 0.15) is 6.54 Å². The van der Waals surface area contributed by atoms with E-state index in [2.05, 4.69) is 10.1 Å². The van der Waals surface area contributed by atoms with Crippen molar-refractivity contribution in [2.24, 2.45) is 0 Å². The number of carbonyl (C=O) groups is 3. The molecule has 1 N–H and O–H groups in total. The number of hydrogen-bond acceptors (Lipinski definition) is 6. The summed E-state index contributed by atoms with van der Waals surface area (Å²) in [5.74, 6) is -2.32. The predicted octanol–water partition coefficient (Wildman–Crippen LogP) is -0.00440. The van der Waals surface area contributed by atoms with Crippen LogP contribution in [-0.2, 0) is 25.5 Å². The van der Waals surface area contributed by atoms with Gasteiger partial charge in [-0.25, -0.2) is 0 Å². The second kappa shape index (κ2) is 6.98. The van der Waals surface area contributed by atoms with E-state index in [4.69, 9.17) is 0 Å². The predicted molar refractivity (Wildman–Crippen MR) is 66.8 cm³/mol. The van der Waals surface area contributed by atoms with Crippen LogP contribution < -0.4 is 5.32 Å². The molecule has 0 unspecified atom stereocenters. The number of ketones is 1. The van der Waals surface area contributed by atoms with Crippen molar-refractivity contribution in [2.75, 3.05) is 13.7 Å². The summed E-state index contributed by atoms with van der Waals surface area (Å²) < 4.78 is 4.31. The molecule has 8 heteroatoms. The van der Waals surface area contributed by atoms with Crippen molar-refractivity contribution < 1.29 is 24.0 Å². The Hall–Kier alpha value is -2.77. The molecule has 1 rings (SSSR count). The Morgan fingerprint density at radius 1 is 1.25 bits per heavy atom. The van der Waals surface area contributed by atoms with Gasteiger partial charge in [0.15, 0.2) is 0 Å². The van der Waals surface area contributed by atoms with Crippen LogP contribution >= 0.6 is 0 Å². The van der Waals surface area contributed by atoms with Gasteiger partial charge >= 0.3 is 5.97 Å². The van der Waals surface area contributed by atoms with E-state index in [1.807, 2.05) is 0 Å². The number of Topliss-reactive ketones (excluding diaryl/α,β-unsaturated/α-hetero) is 1. The average Bonchev–Trinajstić information content (AvgIpc) is 2.44. The molecule has 0 atom stereocenters. The number of carbonyl (C=O) groups excluding carboxylic acids is 3. The molecule has 0 heterocycles. The van der Waals surface area contributed by atoms with Crippen molar-refractivity contribution in [1.82, 2.24) is 5.32 Å². The molecule has 20 heavy (non-hydrogen) atoms. The fourth-order valence-electron chi connectivity index (χ4n) is 1.32. The monoisotopic (exact) mass is 280 g/mol. The number of benzene rings is 1. The van der Waals surface area contributed by atoms with Gasteiger partial charge in [-0.3, -0.25) is 24.5 Å². The maximum Gasteiger partial charge on any atom is 0.325 e. The van der Waals surface area contributed by atoms with E-state index in [-0.39, 0.29) is 18.7 Å². The summed E-state index contributed by atoms with van der Waals surface area (Å²) in [6.45, 7) is -0.388. The number of nitro groups is 1. The Morgan fingerprint density at radius 2 is 1.85 bits per heavy atom. The Kier molecular flexibility index (Phi) is 5.33. The van der Waals surface area contributed by atoms with Crippen LogP contribution in [0.15, 0.2) is 24.3 Å². The van der Waals surface area contributed by atoms with E-state index < -0.39 is 22.6 Å². The van der Waals surface area contributed by atoms with Gasteiger partial charge in [-0.15, -0.1) is 0 Å². The summed E-state index contributed by atoms with van der Waals surface area (Å²) in [4.78, 5) is 43.6. The molecule has 0 saturated carbocycles. The molecule has 1 aromatic rings. The maximum absolute atomic E-state index is 11.5. The quantitative estimate of drug-likeness (QED) is 0.339. The van der Waals surface area contributed by atoms with E-state index in [1.165, 1.54) is 24.3 Å². The summed E-state index contributed by atoms with van der Waals surface area (Å²) in [7, 11) is 1.16. The lowest BCUT2D eigenvalue weighted by atomic mass is 10.1. The van der Waals surface area contributed by atoms with Crippen molar-refractivity contribution in [2.45, 2.75) is 6.42 Å². The fourth-order valence-corrected chi connectivity index (χ4v) is 1.32. The third-order valence-electron chi connectivity index (χ3n) is 2.39. The SMILES string of the molecule is COC(=O)CNC(=O)C(=O)Cc1ccc([N+](=O)[O-])cc1. The first kappa shape index (κ1) is 15.3. The van der Waals surface area contributed by atoms with Crippen LogP contribution in [0.1, 0.15) is 5.56 Å². The summed E-state index contributed by atoms with van der Waals surface area (Å²) in [5, 5.41) is 12.6. The van der Waals surface area contributed by atoms with Crippen LogP contribution in [0.25, 0.3) is 0 Å². The van der Waals surface area contributed by atoms with Gasteiger partial charge < -0.3 is 10.1 Å². The molecule has 1 aromatic carbocycles. The first-order valence-corrected chi connectivity index (χ1v) is 5.55. The zero-order valence-electron chi connectivity index (χ0n) is 10.6. The Morgan fingerprint density at radius 3 is 2.35 bits per heavy atom. The molecule has 1 amide bonds. The highest BCUT2D eigenvalue weighted by Gasteiger charge is 2.16. The molecule has 0 spiro atoms. The molecular weight excluding hydrogens is 268 g/mol. The minimum Gasteiger partial charge on any atom is -0.468 e. The van der Waals surface area contributed by atoms with Crippen molar-refractivity contribution in [3.63, 3.8) is 0 Å². The standard InChI is InChI=1S/C12H12N2O6/c1-20-11(16)7-13-12(17)10(15)6-8-2-4-9(5-3-8)14(18)19/h2-5H,6-7H2,1H3,(H,13,17). The topological polar surface area (TPSA) is 116 Å². The number of nitrogens with one attached hydrogen (secondary N) is 1. The van der Waals surface area contributed by atoms with Gasteiger partial charge in [0.25, 0.3) is 11.6 Å².